The second-order valence-corrected chi connectivity index (χ2v) is 8.33. The molecule has 0 atom stereocenters. The molecule has 1 aromatic rings. The van der Waals surface area contributed by atoms with Crippen LogP contribution in [-0.4, -0.2) is 47.4 Å². The Balaban J connectivity index is 0.000000397. The number of Topliss-reactive ketones (excluding diaryl/α,β-unsaturated/α-hetero) is 1. The van der Waals surface area contributed by atoms with E-state index in [-0.39, 0.29) is 18.0 Å². The Kier molecular flexibility index (Phi) is 8.03. The number of amides is 2. The van der Waals surface area contributed by atoms with Crippen LogP contribution in [0.25, 0.3) is 0 Å². The lowest BCUT2D eigenvalue weighted by molar-refractivity contribution is -0.117. The quantitative estimate of drug-likeness (QED) is 0.832. The molecule has 1 aliphatic carbocycles. The van der Waals surface area contributed by atoms with E-state index in [9.17, 15) is 14.4 Å². The number of hydrogen-bond acceptors (Lipinski definition) is 4. The van der Waals surface area contributed by atoms with Crippen molar-refractivity contribution in [1.29, 1.82) is 0 Å². The van der Waals surface area contributed by atoms with Gasteiger partial charge in [-0.3, -0.25) is 9.59 Å². The van der Waals surface area contributed by atoms with Crippen LogP contribution >= 0.6 is 0 Å². The number of nitrogens with one attached hydrogen (secondary N) is 1. The Labute approximate surface area is 167 Å². The van der Waals surface area contributed by atoms with Gasteiger partial charge in [-0.2, -0.15) is 0 Å². The molecule has 1 heterocycles. The summed E-state index contributed by atoms with van der Waals surface area (Å²) in [5.74, 6) is 0.395. The second-order valence-electron chi connectivity index (χ2n) is 8.33. The minimum atomic E-state index is -0.477. The summed E-state index contributed by atoms with van der Waals surface area (Å²) in [5, 5.41) is 3.03. The lowest BCUT2D eigenvalue weighted by Crippen LogP contribution is -2.47. The summed E-state index contributed by atoms with van der Waals surface area (Å²) in [5.41, 5.74) is 0.187. The molecule has 6 nitrogen and oxygen atoms in total. The summed E-state index contributed by atoms with van der Waals surface area (Å²) < 4.78 is 5.36. The number of nitrogens with zero attached hydrogens (tertiary/aromatic N) is 1. The van der Waals surface area contributed by atoms with Crippen LogP contribution in [0.1, 0.15) is 69.7 Å². The van der Waals surface area contributed by atoms with Crippen molar-refractivity contribution >= 4 is 17.8 Å². The summed E-state index contributed by atoms with van der Waals surface area (Å²) in [6.45, 7) is 6.79. The maximum atomic E-state index is 12.1. The molecule has 1 saturated carbocycles. The second kappa shape index (κ2) is 10.2. The van der Waals surface area contributed by atoms with Crippen LogP contribution < -0.4 is 5.32 Å². The van der Waals surface area contributed by atoms with E-state index in [0.717, 1.165) is 38.5 Å². The van der Waals surface area contributed by atoms with Gasteiger partial charge in [-0.1, -0.05) is 18.2 Å². The SMILES string of the molecule is CC(C)(C)OC(=O)N1CCC(NC(=O)c2ccccc2)CC1.O=C1CCCC1. The van der Waals surface area contributed by atoms with Gasteiger partial charge >= 0.3 is 6.09 Å². The molecule has 0 spiro atoms. The first-order chi connectivity index (χ1) is 13.2. The van der Waals surface area contributed by atoms with Gasteiger partial charge in [0.2, 0.25) is 0 Å². The van der Waals surface area contributed by atoms with Crippen LogP contribution in [0.4, 0.5) is 4.79 Å². The molecule has 1 aliphatic heterocycles. The Morgan fingerprint density at radius 3 is 2.07 bits per heavy atom. The van der Waals surface area contributed by atoms with Crippen LogP contribution in [0.15, 0.2) is 30.3 Å². The monoisotopic (exact) mass is 388 g/mol. The van der Waals surface area contributed by atoms with E-state index in [0.29, 0.717) is 24.4 Å². The van der Waals surface area contributed by atoms with Crippen LogP contribution in [0.3, 0.4) is 0 Å². The fourth-order valence-corrected chi connectivity index (χ4v) is 3.16. The average Bonchev–Trinajstić information content (AvgIpc) is 3.13. The van der Waals surface area contributed by atoms with Crippen molar-refractivity contribution in [2.75, 3.05) is 13.1 Å². The lowest BCUT2D eigenvalue weighted by Gasteiger charge is -2.33. The number of carbonyl (C=O) groups is 3. The third-order valence-corrected chi connectivity index (χ3v) is 4.68. The average molecular weight is 389 g/mol. The molecule has 6 heteroatoms. The van der Waals surface area contributed by atoms with Crippen LogP contribution in [0, 0.1) is 0 Å². The number of rotatable bonds is 2. The summed E-state index contributed by atoms with van der Waals surface area (Å²) in [7, 11) is 0. The van der Waals surface area contributed by atoms with Gasteiger partial charge in [-0.05, 0) is 58.6 Å². The summed E-state index contributed by atoms with van der Waals surface area (Å²) in [6.07, 6.45) is 5.19. The maximum Gasteiger partial charge on any atom is 0.410 e. The highest BCUT2D eigenvalue weighted by atomic mass is 16.6. The molecule has 3 rings (SSSR count). The van der Waals surface area contributed by atoms with Crippen LogP contribution in [0.5, 0.6) is 0 Å². The normalized spacial score (nSPS) is 17.5. The molecule has 1 aromatic carbocycles. The fourth-order valence-electron chi connectivity index (χ4n) is 3.16. The highest BCUT2D eigenvalue weighted by molar-refractivity contribution is 5.94. The third kappa shape index (κ3) is 7.71. The molecule has 1 N–H and O–H groups in total. The predicted molar refractivity (Wildman–Crippen MR) is 108 cm³/mol. The highest BCUT2D eigenvalue weighted by Gasteiger charge is 2.27. The molecule has 2 fully saturated rings. The predicted octanol–water partition coefficient (Wildman–Crippen LogP) is 3.95. The molecule has 0 radical (unpaired) electrons. The van der Waals surface area contributed by atoms with E-state index in [1.807, 2.05) is 39.0 Å². The minimum Gasteiger partial charge on any atom is -0.444 e. The molecule has 0 bridgehead atoms. The van der Waals surface area contributed by atoms with Gasteiger partial charge < -0.3 is 15.0 Å². The number of benzene rings is 1. The Morgan fingerprint density at radius 2 is 1.61 bits per heavy atom. The van der Waals surface area contributed by atoms with E-state index in [2.05, 4.69) is 5.32 Å². The molecule has 0 unspecified atom stereocenters. The Morgan fingerprint density at radius 1 is 1.04 bits per heavy atom. The topological polar surface area (TPSA) is 75.7 Å². The maximum absolute atomic E-state index is 12.1. The van der Waals surface area contributed by atoms with Crippen molar-refractivity contribution in [3.8, 4) is 0 Å². The third-order valence-electron chi connectivity index (χ3n) is 4.68. The zero-order chi connectivity index (χ0) is 20.6. The first-order valence-corrected chi connectivity index (χ1v) is 10.1. The van der Waals surface area contributed by atoms with Crippen molar-refractivity contribution in [3.63, 3.8) is 0 Å². The summed E-state index contributed by atoms with van der Waals surface area (Å²) in [6, 6.07) is 9.28. The van der Waals surface area contributed by atoms with Gasteiger partial charge in [-0.15, -0.1) is 0 Å². The first kappa shape index (κ1) is 21.9. The van der Waals surface area contributed by atoms with Crippen LogP contribution in [0.2, 0.25) is 0 Å². The molecule has 2 amide bonds. The van der Waals surface area contributed by atoms with E-state index < -0.39 is 5.60 Å². The van der Waals surface area contributed by atoms with Gasteiger partial charge in [0, 0.05) is 37.5 Å². The van der Waals surface area contributed by atoms with Gasteiger partial charge in [0.1, 0.15) is 11.4 Å². The molecule has 154 valence electrons. The van der Waals surface area contributed by atoms with Crippen molar-refractivity contribution < 1.29 is 19.1 Å². The van der Waals surface area contributed by atoms with E-state index >= 15 is 0 Å². The zero-order valence-corrected chi connectivity index (χ0v) is 17.2. The smallest absolute Gasteiger partial charge is 0.410 e. The van der Waals surface area contributed by atoms with Gasteiger partial charge in [0.25, 0.3) is 5.91 Å². The Bertz CT molecular complexity index is 651. The first-order valence-electron chi connectivity index (χ1n) is 10.1. The highest BCUT2D eigenvalue weighted by Crippen LogP contribution is 2.16. The number of carbonyl (C=O) groups excluding carboxylic acids is 3. The number of piperidine rings is 1. The molecule has 0 aromatic heterocycles. The lowest BCUT2D eigenvalue weighted by atomic mass is 10.0. The van der Waals surface area contributed by atoms with Gasteiger partial charge in [0.15, 0.2) is 0 Å². The zero-order valence-electron chi connectivity index (χ0n) is 17.2. The van der Waals surface area contributed by atoms with Gasteiger partial charge in [-0.25, -0.2) is 4.79 Å². The summed E-state index contributed by atoms with van der Waals surface area (Å²) in [4.78, 5) is 36.0. The van der Waals surface area contributed by atoms with Crippen LogP contribution in [-0.2, 0) is 9.53 Å². The number of ketones is 1. The van der Waals surface area contributed by atoms with E-state index in [1.165, 1.54) is 0 Å². The largest absolute Gasteiger partial charge is 0.444 e. The summed E-state index contributed by atoms with van der Waals surface area (Å²) >= 11 is 0. The number of ether oxygens (including phenoxy) is 1. The number of likely N-dealkylation sites (tertiary alicyclic amines) is 1. The van der Waals surface area contributed by atoms with Gasteiger partial charge in [0.05, 0.1) is 0 Å². The van der Waals surface area contributed by atoms with Crippen molar-refractivity contribution in [3.05, 3.63) is 35.9 Å². The molecule has 1 saturated heterocycles. The van der Waals surface area contributed by atoms with Crippen molar-refractivity contribution in [2.45, 2.75) is 70.9 Å². The van der Waals surface area contributed by atoms with E-state index in [4.69, 9.17) is 4.74 Å². The standard InChI is InChI=1S/C17H24N2O3.C5H8O/c1-17(2,3)22-16(21)19-11-9-14(10-12-19)18-15(20)13-7-5-4-6-8-13;6-5-3-1-2-4-5/h4-8,14H,9-12H2,1-3H3,(H,18,20);1-4H2. The molecule has 28 heavy (non-hydrogen) atoms. The number of hydrogen-bond donors (Lipinski definition) is 1. The Hall–Kier alpha value is -2.37. The van der Waals surface area contributed by atoms with Crippen molar-refractivity contribution in [2.24, 2.45) is 0 Å². The molecular formula is C22H32N2O4. The molecular weight excluding hydrogens is 356 g/mol. The minimum absolute atomic E-state index is 0.0590. The molecule has 2 aliphatic rings. The van der Waals surface area contributed by atoms with E-state index in [1.54, 1.807) is 17.0 Å². The van der Waals surface area contributed by atoms with Crippen molar-refractivity contribution in [1.82, 2.24) is 10.2 Å². The fraction of sp³-hybridized carbons (Fsp3) is 0.591.